The van der Waals surface area contributed by atoms with Crippen molar-refractivity contribution in [3.63, 3.8) is 0 Å². The molecule has 0 spiro atoms. The van der Waals surface area contributed by atoms with Crippen molar-refractivity contribution in [1.29, 1.82) is 0 Å². The molecule has 1 aliphatic heterocycles. The molecule has 4 heterocycles. The van der Waals surface area contributed by atoms with Crippen LogP contribution in [0.3, 0.4) is 0 Å². The highest BCUT2D eigenvalue weighted by atomic mass is 16.5. The fraction of sp³-hybridized carbons (Fsp3) is 0.588. The molecule has 0 bridgehead atoms. The topological polar surface area (TPSA) is 86.3 Å². The molecule has 0 N–H and O–H groups in total. The van der Waals surface area contributed by atoms with E-state index in [9.17, 15) is 0 Å². The van der Waals surface area contributed by atoms with Gasteiger partial charge in [0.15, 0.2) is 11.5 Å². The predicted molar refractivity (Wildman–Crippen MR) is 94.2 cm³/mol. The van der Waals surface area contributed by atoms with Crippen LogP contribution in [0.15, 0.2) is 24.9 Å². The first-order valence-corrected chi connectivity index (χ1v) is 8.94. The zero-order chi connectivity index (χ0) is 18.1. The minimum Gasteiger partial charge on any atom is -0.380 e. The number of hydrogen-bond acceptors (Lipinski definition) is 7. The normalized spacial score (nSPS) is 21.2. The predicted octanol–water partition coefficient (Wildman–Crippen LogP) is 1.33. The van der Waals surface area contributed by atoms with Crippen LogP contribution < -0.4 is 0 Å². The van der Waals surface area contributed by atoms with Crippen molar-refractivity contribution in [2.75, 3.05) is 13.7 Å². The van der Waals surface area contributed by atoms with Crippen LogP contribution in [0.5, 0.6) is 0 Å². The van der Waals surface area contributed by atoms with Crippen LogP contribution in [0.25, 0.3) is 5.65 Å². The van der Waals surface area contributed by atoms with Crippen LogP contribution in [0.1, 0.15) is 38.0 Å². The molecule has 0 radical (unpaired) electrons. The average molecular weight is 356 g/mol. The molecule has 0 aromatic carbocycles. The summed E-state index contributed by atoms with van der Waals surface area (Å²) < 4.78 is 9.64. The van der Waals surface area contributed by atoms with Gasteiger partial charge in [-0.05, 0) is 12.3 Å². The molecule has 1 saturated heterocycles. The Hall–Kier alpha value is -2.39. The van der Waals surface area contributed by atoms with Crippen molar-refractivity contribution in [2.24, 2.45) is 5.92 Å². The number of ether oxygens (including phenoxy) is 1. The summed E-state index contributed by atoms with van der Waals surface area (Å²) in [6.07, 6.45) is 8.06. The van der Waals surface area contributed by atoms with E-state index in [0.717, 1.165) is 36.8 Å². The second-order valence-electron chi connectivity index (χ2n) is 7.15. The maximum atomic E-state index is 5.64. The molecular formula is C17H24N8O. The first-order chi connectivity index (χ1) is 12.7. The van der Waals surface area contributed by atoms with E-state index in [-0.39, 0.29) is 12.1 Å². The first-order valence-electron chi connectivity index (χ1n) is 8.94. The number of likely N-dealkylation sites (tertiary alicyclic amines) is 1. The number of methoxy groups -OCH3 is 1. The number of fused-ring (bicyclic) bond motifs is 1. The largest absolute Gasteiger partial charge is 0.380 e. The molecular weight excluding hydrogens is 332 g/mol. The van der Waals surface area contributed by atoms with Gasteiger partial charge in [-0.3, -0.25) is 14.3 Å². The summed E-state index contributed by atoms with van der Waals surface area (Å²) in [6, 6.07) is 0.113. The number of nitrogens with zero attached hydrogens (tertiary/aromatic N) is 8. The molecule has 3 aromatic rings. The van der Waals surface area contributed by atoms with Crippen LogP contribution in [0.2, 0.25) is 0 Å². The minimum atomic E-state index is 0.113. The molecule has 9 heteroatoms. The second kappa shape index (κ2) is 7.08. The molecule has 0 aliphatic carbocycles. The lowest BCUT2D eigenvalue weighted by Gasteiger charge is -2.22. The molecule has 1 fully saturated rings. The van der Waals surface area contributed by atoms with Crippen molar-refractivity contribution in [2.45, 2.75) is 45.5 Å². The third kappa shape index (κ3) is 3.19. The van der Waals surface area contributed by atoms with E-state index < -0.39 is 0 Å². The van der Waals surface area contributed by atoms with Gasteiger partial charge in [-0.1, -0.05) is 13.8 Å². The summed E-state index contributed by atoms with van der Waals surface area (Å²) in [5.41, 5.74) is 0.756. The molecule has 9 nitrogen and oxygen atoms in total. The van der Waals surface area contributed by atoms with Gasteiger partial charge >= 0.3 is 0 Å². The van der Waals surface area contributed by atoms with Gasteiger partial charge in [-0.2, -0.15) is 5.10 Å². The Labute approximate surface area is 152 Å². The fourth-order valence-electron chi connectivity index (χ4n) is 3.57. The van der Waals surface area contributed by atoms with Crippen LogP contribution >= 0.6 is 0 Å². The van der Waals surface area contributed by atoms with Crippen molar-refractivity contribution in [1.82, 2.24) is 39.2 Å². The monoisotopic (exact) mass is 356 g/mol. The van der Waals surface area contributed by atoms with Crippen molar-refractivity contribution in [3.8, 4) is 0 Å². The van der Waals surface area contributed by atoms with Gasteiger partial charge in [-0.15, -0.1) is 10.2 Å². The standard InChI is InChI=1S/C17H24N8O/c1-12(2)8-25-16(19-11-20-25)10-23-9-13(26-3)6-14(23)17-22-21-15-7-18-4-5-24(15)17/h4-5,7,11-14H,6,8-10H2,1-3H3/t13-,14+/m1/s1. The van der Waals surface area contributed by atoms with Crippen LogP contribution in [-0.2, 0) is 17.8 Å². The van der Waals surface area contributed by atoms with Crippen LogP contribution in [0, 0.1) is 5.92 Å². The second-order valence-corrected chi connectivity index (χ2v) is 7.15. The summed E-state index contributed by atoms with van der Waals surface area (Å²) in [4.78, 5) is 11.0. The Morgan fingerprint density at radius 1 is 1.31 bits per heavy atom. The van der Waals surface area contributed by atoms with Gasteiger partial charge in [0, 0.05) is 32.6 Å². The molecule has 26 heavy (non-hydrogen) atoms. The Morgan fingerprint density at radius 2 is 2.19 bits per heavy atom. The molecule has 3 aromatic heterocycles. The highest BCUT2D eigenvalue weighted by molar-refractivity contribution is 5.34. The van der Waals surface area contributed by atoms with E-state index in [1.165, 1.54) is 0 Å². The van der Waals surface area contributed by atoms with Gasteiger partial charge in [-0.25, -0.2) is 9.67 Å². The SMILES string of the molecule is CO[C@@H]1C[C@@H](c2nnc3cnccn23)N(Cc2ncnn2CC(C)C)C1. The fourth-order valence-corrected chi connectivity index (χ4v) is 3.57. The van der Waals surface area contributed by atoms with Gasteiger partial charge in [0.05, 0.1) is 24.9 Å². The Kier molecular flexibility index (Phi) is 4.64. The maximum absolute atomic E-state index is 5.64. The molecule has 4 rings (SSSR count). The zero-order valence-electron chi connectivity index (χ0n) is 15.4. The quantitative estimate of drug-likeness (QED) is 0.658. The van der Waals surface area contributed by atoms with Crippen molar-refractivity contribution in [3.05, 3.63) is 36.6 Å². The van der Waals surface area contributed by atoms with E-state index in [4.69, 9.17) is 4.74 Å². The van der Waals surface area contributed by atoms with Crippen molar-refractivity contribution < 1.29 is 4.74 Å². The lowest BCUT2D eigenvalue weighted by Crippen LogP contribution is -2.28. The third-order valence-corrected chi connectivity index (χ3v) is 4.82. The molecule has 1 aliphatic rings. The first kappa shape index (κ1) is 17.0. The van der Waals surface area contributed by atoms with Gasteiger partial charge < -0.3 is 4.74 Å². The molecule has 2 atom stereocenters. The van der Waals surface area contributed by atoms with Gasteiger partial charge in [0.1, 0.15) is 12.2 Å². The number of aromatic nitrogens is 7. The molecule has 0 amide bonds. The summed E-state index contributed by atoms with van der Waals surface area (Å²) in [7, 11) is 1.76. The van der Waals surface area contributed by atoms with Crippen LogP contribution in [0.4, 0.5) is 0 Å². The highest BCUT2D eigenvalue weighted by Gasteiger charge is 2.36. The lowest BCUT2D eigenvalue weighted by molar-refractivity contribution is 0.106. The highest BCUT2D eigenvalue weighted by Crippen LogP contribution is 2.33. The average Bonchev–Trinajstić information content (AvgIpc) is 3.33. The Bertz CT molecular complexity index is 872. The zero-order valence-corrected chi connectivity index (χ0v) is 15.4. The summed E-state index contributed by atoms with van der Waals surface area (Å²) in [5, 5.41) is 13.1. The lowest BCUT2D eigenvalue weighted by atomic mass is 10.2. The molecule has 138 valence electrons. The smallest absolute Gasteiger partial charge is 0.179 e. The van der Waals surface area contributed by atoms with Gasteiger partial charge in [0.25, 0.3) is 0 Å². The summed E-state index contributed by atoms with van der Waals surface area (Å²) in [6.45, 7) is 6.76. The third-order valence-electron chi connectivity index (χ3n) is 4.82. The minimum absolute atomic E-state index is 0.113. The molecule has 0 unspecified atom stereocenters. The summed E-state index contributed by atoms with van der Waals surface area (Å²) in [5.74, 6) is 2.40. The van der Waals surface area contributed by atoms with Crippen LogP contribution in [-0.4, -0.2) is 59.0 Å². The van der Waals surface area contributed by atoms with E-state index in [2.05, 4.69) is 44.0 Å². The Morgan fingerprint density at radius 3 is 3.00 bits per heavy atom. The number of hydrogen-bond donors (Lipinski definition) is 0. The van der Waals surface area contributed by atoms with E-state index in [1.807, 2.05) is 15.3 Å². The Balaban J connectivity index is 1.62. The number of rotatable bonds is 6. The maximum Gasteiger partial charge on any atom is 0.179 e. The van der Waals surface area contributed by atoms with Crippen molar-refractivity contribution >= 4 is 5.65 Å². The van der Waals surface area contributed by atoms with E-state index >= 15 is 0 Å². The van der Waals surface area contributed by atoms with E-state index in [1.54, 1.807) is 25.8 Å². The van der Waals surface area contributed by atoms with E-state index in [0.29, 0.717) is 12.5 Å². The van der Waals surface area contributed by atoms with Gasteiger partial charge in [0.2, 0.25) is 0 Å². The summed E-state index contributed by atoms with van der Waals surface area (Å²) >= 11 is 0. The molecule has 0 saturated carbocycles.